The Hall–Kier alpha value is -1.99. The number of alkyl halides is 1. The van der Waals surface area contributed by atoms with E-state index in [4.69, 9.17) is 14.7 Å². The first kappa shape index (κ1) is 16.5. The molecule has 6 nitrogen and oxygen atoms in total. The Morgan fingerprint density at radius 1 is 1.04 bits per heavy atom. The molecule has 3 heterocycles. The molecule has 7 heteroatoms. The summed E-state index contributed by atoms with van der Waals surface area (Å²) >= 11 is 0. The first-order valence-electron chi connectivity index (χ1n) is 8.83. The van der Waals surface area contributed by atoms with E-state index < -0.39 is 12.3 Å². The summed E-state index contributed by atoms with van der Waals surface area (Å²) in [6.45, 7) is 3.19. The van der Waals surface area contributed by atoms with Crippen LogP contribution in [0.3, 0.4) is 0 Å². The number of benzene rings is 1. The van der Waals surface area contributed by atoms with E-state index in [0.717, 1.165) is 36.5 Å². The molecule has 1 N–H and O–H groups in total. The van der Waals surface area contributed by atoms with Crippen LogP contribution < -0.4 is 9.80 Å². The molecule has 1 atom stereocenters. The van der Waals surface area contributed by atoms with Gasteiger partial charge >= 0.3 is 0 Å². The number of fused-ring (bicyclic) bond motifs is 1. The average Bonchev–Trinajstić information content (AvgIpc) is 2.68. The number of aliphatic hydroxyl groups is 1. The van der Waals surface area contributed by atoms with Gasteiger partial charge < -0.3 is 19.6 Å². The number of aromatic nitrogens is 2. The van der Waals surface area contributed by atoms with E-state index in [2.05, 4.69) is 4.90 Å². The highest BCUT2D eigenvalue weighted by atomic mass is 19.1. The molecule has 134 valence electrons. The zero-order valence-electron chi connectivity index (χ0n) is 14.2. The summed E-state index contributed by atoms with van der Waals surface area (Å²) in [5.74, 6) is 1.49. The molecule has 0 saturated carbocycles. The zero-order valence-corrected chi connectivity index (χ0v) is 14.2. The Labute approximate surface area is 146 Å². The van der Waals surface area contributed by atoms with Crippen molar-refractivity contribution in [1.82, 2.24) is 9.97 Å². The van der Waals surface area contributed by atoms with E-state index in [1.54, 1.807) is 0 Å². The predicted octanol–water partition coefficient (Wildman–Crippen LogP) is 1.77. The second kappa shape index (κ2) is 6.72. The summed E-state index contributed by atoms with van der Waals surface area (Å²) < 4.78 is 20.2. The highest BCUT2D eigenvalue weighted by Crippen LogP contribution is 2.34. The lowest BCUT2D eigenvalue weighted by atomic mass is 9.95. The fourth-order valence-corrected chi connectivity index (χ4v) is 3.58. The van der Waals surface area contributed by atoms with Crippen LogP contribution >= 0.6 is 0 Å². The minimum Gasteiger partial charge on any atom is -0.393 e. The molecule has 0 radical (unpaired) electrons. The van der Waals surface area contributed by atoms with E-state index in [9.17, 15) is 9.50 Å². The number of para-hydroxylation sites is 2. The van der Waals surface area contributed by atoms with Gasteiger partial charge in [-0.3, -0.25) is 0 Å². The molecular formula is C18H23FN4O2. The van der Waals surface area contributed by atoms with Crippen molar-refractivity contribution in [3.05, 3.63) is 24.3 Å². The van der Waals surface area contributed by atoms with Gasteiger partial charge in [0.25, 0.3) is 0 Å². The van der Waals surface area contributed by atoms with Crippen LogP contribution in [-0.4, -0.2) is 66.7 Å². The van der Waals surface area contributed by atoms with Crippen LogP contribution in [0.25, 0.3) is 11.0 Å². The maximum absolute atomic E-state index is 14.8. The lowest BCUT2D eigenvalue weighted by Crippen LogP contribution is -2.48. The van der Waals surface area contributed by atoms with Gasteiger partial charge in [-0.25, -0.2) is 14.4 Å². The van der Waals surface area contributed by atoms with Crippen molar-refractivity contribution < 1.29 is 14.2 Å². The molecule has 2 saturated heterocycles. The van der Waals surface area contributed by atoms with E-state index in [0.29, 0.717) is 31.9 Å². The number of rotatable bonds is 3. The molecule has 2 aliphatic rings. The number of aliphatic hydroxyl groups excluding tert-OH is 1. The predicted molar refractivity (Wildman–Crippen MR) is 94.9 cm³/mol. The molecule has 25 heavy (non-hydrogen) atoms. The van der Waals surface area contributed by atoms with Gasteiger partial charge in [0.15, 0.2) is 17.3 Å². The molecule has 0 amide bonds. The lowest BCUT2D eigenvalue weighted by Gasteiger charge is -2.39. The molecule has 1 aromatic carbocycles. The van der Waals surface area contributed by atoms with Crippen LogP contribution in [0, 0.1) is 0 Å². The standard InChI is InChI=1S/C18H23FN4O2/c19-18(13-24)6-3-7-23(12-18)17-16(22-8-10-25-11-9-22)20-14-4-1-2-5-15(14)21-17/h1-2,4-5,24H,3,6-13H2. The molecule has 0 aliphatic carbocycles. The fourth-order valence-electron chi connectivity index (χ4n) is 3.58. The van der Waals surface area contributed by atoms with Gasteiger partial charge in [0.2, 0.25) is 0 Å². The van der Waals surface area contributed by atoms with Crippen LogP contribution in [0.1, 0.15) is 12.8 Å². The first-order chi connectivity index (χ1) is 12.2. The second-order valence-electron chi connectivity index (χ2n) is 6.79. The van der Waals surface area contributed by atoms with Crippen molar-refractivity contribution in [2.24, 2.45) is 0 Å². The summed E-state index contributed by atoms with van der Waals surface area (Å²) in [5.41, 5.74) is 0.0559. The molecule has 1 aromatic heterocycles. The summed E-state index contributed by atoms with van der Waals surface area (Å²) in [6.07, 6.45) is 1.07. The highest BCUT2D eigenvalue weighted by molar-refractivity contribution is 5.81. The number of hydrogen-bond donors (Lipinski definition) is 1. The SMILES string of the molecule is OCC1(F)CCCN(c2nc3ccccc3nc2N2CCOCC2)C1. The Bertz CT molecular complexity index is 753. The normalized spacial score (nSPS) is 24.7. The van der Waals surface area contributed by atoms with E-state index in [1.807, 2.05) is 29.2 Å². The van der Waals surface area contributed by atoms with Crippen LogP contribution in [0.15, 0.2) is 24.3 Å². The Balaban J connectivity index is 1.77. The minimum atomic E-state index is -1.58. The molecule has 0 spiro atoms. The second-order valence-corrected chi connectivity index (χ2v) is 6.79. The van der Waals surface area contributed by atoms with Gasteiger partial charge in [0.1, 0.15) is 0 Å². The van der Waals surface area contributed by atoms with Gasteiger partial charge in [-0.2, -0.15) is 0 Å². The van der Waals surface area contributed by atoms with Crippen molar-refractivity contribution in [2.45, 2.75) is 18.5 Å². The van der Waals surface area contributed by atoms with Crippen molar-refractivity contribution in [1.29, 1.82) is 0 Å². The summed E-state index contributed by atoms with van der Waals surface area (Å²) in [4.78, 5) is 13.7. The third-order valence-electron chi connectivity index (χ3n) is 4.96. The molecule has 2 aromatic rings. The van der Waals surface area contributed by atoms with Crippen LogP contribution in [0.4, 0.5) is 16.0 Å². The Morgan fingerprint density at radius 3 is 2.32 bits per heavy atom. The lowest BCUT2D eigenvalue weighted by molar-refractivity contribution is 0.0565. The largest absolute Gasteiger partial charge is 0.393 e. The van der Waals surface area contributed by atoms with Crippen molar-refractivity contribution in [3.63, 3.8) is 0 Å². The van der Waals surface area contributed by atoms with Gasteiger partial charge in [0, 0.05) is 19.6 Å². The number of hydrogen-bond acceptors (Lipinski definition) is 6. The summed E-state index contributed by atoms with van der Waals surface area (Å²) in [6, 6.07) is 7.74. The van der Waals surface area contributed by atoms with Gasteiger partial charge in [-0.15, -0.1) is 0 Å². The maximum atomic E-state index is 14.8. The van der Waals surface area contributed by atoms with Crippen molar-refractivity contribution in [2.75, 3.05) is 55.8 Å². The number of piperidine rings is 1. The van der Waals surface area contributed by atoms with Crippen molar-refractivity contribution in [3.8, 4) is 0 Å². The van der Waals surface area contributed by atoms with Crippen LogP contribution in [0.5, 0.6) is 0 Å². The quantitative estimate of drug-likeness (QED) is 0.914. The monoisotopic (exact) mass is 346 g/mol. The number of ether oxygens (including phenoxy) is 1. The Kier molecular flexibility index (Phi) is 4.43. The third kappa shape index (κ3) is 3.26. The van der Waals surface area contributed by atoms with Crippen molar-refractivity contribution >= 4 is 22.7 Å². The molecule has 1 unspecified atom stereocenters. The molecule has 0 bridgehead atoms. The van der Waals surface area contributed by atoms with Crippen LogP contribution in [0.2, 0.25) is 0 Å². The minimum absolute atomic E-state index is 0.147. The molecule has 2 aliphatic heterocycles. The smallest absolute Gasteiger partial charge is 0.172 e. The van der Waals surface area contributed by atoms with E-state index >= 15 is 0 Å². The number of nitrogens with zero attached hydrogens (tertiary/aromatic N) is 4. The fraction of sp³-hybridized carbons (Fsp3) is 0.556. The average molecular weight is 346 g/mol. The number of morpholine rings is 1. The highest BCUT2D eigenvalue weighted by Gasteiger charge is 2.37. The topological polar surface area (TPSA) is 61.7 Å². The molecule has 4 rings (SSSR count). The summed E-state index contributed by atoms with van der Waals surface area (Å²) in [7, 11) is 0. The van der Waals surface area contributed by atoms with Crippen LogP contribution in [-0.2, 0) is 4.74 Å². The molecule has 2 fully saturated rings. The zero-order chi connectivity index (χ0) is 17.3. The summed E-state index contributed by atoms with van der Waals surface area (Å²) in [5, 5.41) is 9.44. The third-order valence-corrected chi connectivity index (χ3v) is 4.96. The molecular weight excluding hydrogens is 323 g/mol. The van der Waals surface area contributed by atoms with Gasteiger partial charge in [0.05, 0.1) is 37.4 Å². The number of halogens is 1. The van der Waals surface area contributed by atoms with E-state index in [1.165, 1.54) is 0 Å². The first-order valence-corrected chi connectivity index (χ1v) is 8.83. The Morgan fingerprint density at radius 2 is 1.68 bits per heavy atom. The van der Waals surface area contributed by atoms with Gasteiger partial charge in [-0.1, -0.05) is 12.1 Å². The number of anilines is 2. The maximum Gasteiger partial charge on any atom is 0.172 e. The van der Waals surface area contributed by atoms with E-state index in [-0.39, 0.29) is 6.54 Å². The van der Waals surface area contributed by atoms with Gasteiger partial charge in [-0.05, 0) is 25.0 Å².